The number of furan rings is 2. The predicted octanol–water partition coefficient (Wildman–Crippen LogP) is 18.0. The van der Waals surface area contributed by atoms with Gasteiger partial charge in [0.05, 0.1) is 5.41 Å². The zero-order valence-electron chi connectivity index (χ0n) is 40.3. The predicted molar refractivity (Wildman–Crippen MR) is 303 cm³/mol. The quantitative estimate of drug-likeness (QED) is 0.166. The highest BCUT2D eigenvalue weighted by molar-refractivity contribution is 6.13. The number of aromatic nitrogens is 3. The minimum Gasteiger partial charge on any atom is -0.456 e. The molecule has 0 atom stereocenters. The van der Waals surface area contributed by atoms with E-state index in [9.17, 15) is 0 Å². The normalized spacial score (nSPS) is 12.9. The van der Waals surface area contributed by atoms with Crippen molar-refractivity contribution in [2.75, 3.05) is 0 Å². The van der Waals surface area contributed by atoms with E-state index in [2.05, 4.69) is 200 Å². The van der Waals surface area contributed by atoms with Gasteiger partial charge in [0.15, 0.2) is 17.5 Å². The highest BCUT2D eigenvalue weighted by Gasteiger charge is 2.51. The second-order valence-electron chi connectivity index (χ2n) is 19.8. The first-order chi connectivity index (χ1) is 37.1. The van der Waals surface area contributed by atoms with E-state index in [0.717, 1.165) is 88.4 Å². The van der Waals surface area contributed by atoms with Crippen molar-refractivity contribution in [3.63, 3.8) is 0 Å². The van der Waals surface area contributed by atoms with Crippen LogP contribution in [0.5, 0.6) is 0 Å². The van der Waals surface area contributed by atoms with E-state index in [1.165, 1.54) is 50.1 Å². The molecule has 0 bridgehead atoms. The van der Waals surface area contributed by atoms with E-state index in [1.54, 1.807) is 0 Å². The van der Waals surface area contributed by atoms with Crippen LogP contribution in [0.25, 0.3) is 134 Å². The van der Waals surface area contributed by atoms with Crippen LogP contribution < -0.4 is 0 Å². The third kappa shape index (κ3) is 6.22. The molecule has 3 aromatic heterocycles. The van der Waals surface area contributed by atoms with Gasteiger partial charge in [-0.2, -0.15) is 0 Å². The van der Waals surface area contributed by atoms with Crippen molar-refractivity contribution in [1.29, 1.82) is 0 Å². The first kappa shape index (κ1) is 41.6. The van der Waals surface area contributed by atoms with Crippen molar-refractivity contribution in [2.45, 2.75) is 5.41 Å². The number of benzene rings is 11. The molecule has 1 spiro atoms. The van der Waals surface area contributed by atoms with Crippen molar-refractivity contribution in [2.24, 2.45) is 0 Å². The number of fused-ring (bicyclic) bond motifs is 16. The van der Waals surface area contributed by atoms with Crippen molar-refractivity contribution in [3.05, 3.63) is 271 Å². The molecule has 0 radical (unpaired) electrons. The summed E-state index contributed by atoms with van der Waals surface area (Å²) in [4.78, 5) is 15.8. The van der Waals surface area contributed by atoms with Gasteiger partial charge in [-0.3, -0.25) is 0 Å². The molecule has 0 saturated heterocycles. The summed E-state index contributed by atoms with van der Waals surface area (Å²) in [6, 6.07) is 88.8. The molecule has 2 aliphatic carbocycles. The summed E-state index contributed by atoms with van der Waals surface area (Å²) in [5.41, 5.74) is 22.8. The van der Waals surface area contributed by atoms with Crippen molar-refractivity contribution in [3.8, 4) is 89.8 Å². The van der Waals surface area contributed by atoms with Gasteiger partial charge in [0.25, 0.3) is 0 Å². The maximum absolute atomic E-state index is 6.65. The molecule has 0 N–H and O–H groups in total. The average Bonchev–Trinajstić information content (AvgIpc) is 4.30. The fourth-order valence-corrected chi connectivity index (χ4v) is 12.4. The molecule has 11 aromatic carbocycles. The minimum atomic E-state index is -0.372. The summed E-state index contributed by atoms with van der Waals surface area (Å²) in [5.74, 6) is 1.70. The Labute approximate surface area is 431 Å². The van der Waals surface area contributed by atoms with Crippen LogP contribution in [-0.2, 0) is 5.41 Å². The summed E-state index contributed by atoms with van der Waals surface area (Å²) in [6.45, 7) is 0. The van der Waals surface area contributed by atoms with Crippen LogP contribution in [0.1, 0.15) is 22.3 Å². The molecule has 5 nitrogen and oxygen atoms in total. The van der Waals surface area contributed by atoms with Crippen molar-refractivity contribution >= 4 is 43.9 Å². The van der Waals surface area contributed by atoms with Crippen LogP contribution in [0.15, 0.2) is 258 Å². The molecule has 0 aliphatic heterocycles. The Morgan fingerprint density at radius 2 is 0.667 bits per heavy atom. The SMILES string of the molecule is c1ccc(-c2cccc(-c3nc(-c4ccc5oc6ccccc6c5c4)nc(-c4cccc5oc6ccc(-c7cccc(-c8ccc9c(c8)-c8ccccc8C98c9ccccc9-c9ccccc98)c7)cc6c45)n3)c2)cc1. The summed E-state index contributed by atoms with van der Waals surface area (Å²) in [5, 5.41) is 3.99. The maximum atomic E-state index is 6.65. The van der Waals surface area contributed by atoms with E-state index >= 15 is 0 Å². The highest BCUT2D eigenvalue weighted by Crippen LogP contribution is 2.63. The van der Waals surface area contributed by atoms with Crippen LogP contribution in [0.2, 0.25) is 0 Å². The lowest BCUT2D eigenvalue weighted by Crippen LogP contribution is -2.25. The third-order valence-corrected chi connectivity index (χ3v) is 15.8. The Kier molecular flexibility index (Phi) is 8.89. The molecule has 0 amide bonds. The molecular weight excluding hydrogens is 915 g/mol. The summed E-state index contributed by atoms with van der Waals surface area (Å²) < 4.78 is 12.9. The number of para-hydroxylation sites is 1. The third-order valence-electron chi connectivity index (χ3n) is 15.8. The Balaban J connectivity index is 0.824. The van der Waals surface area contributed by atoms with Crippen LogP contribution >= 0.6 is 0 Å². The molecule has 3 heterocycles. The first-order valence-corrected chi connectivity index (χ1v) is 25.5. The largest absolute Gasteiger partial charge is 0.456 e. The van der Waals surface area contributed by atoms with Gasteiger partial charge in [-0.15, -0.1) is 0 Å². The van der Waals surface area contributed by atoms with Gasteiger partial charge < -0.3 is 8.83 Å². The molecule has 14 aromatic rings. The molecule has 5 heteroatoms. The fourth-order valence-electron chi connectivity index (χ4n) is 12.4. The Morgan fingerprint density at radius 1 is 0.240 bits per heavy atom. The van der Waals surface area contributed by atoms with Crippen LogP contribution in [-0.4, -0.2) is 15.0 Å². The standard InChI is InChI=1S/C70H41N3O2/c1-2-15-42(16-3-1)43-17-13-20-48(38-43)67-71-68(49-33-36-63-56(41-49)53-24-7-11-29-62(53)74-63)73-69(72-67)54-25-14-30-65-66(54)57-40-47(32-35-64(57)75-65)45-19-12-18-44(37-45)46-31-34-61-55(39-46)52-23-6-10-28-60(52)70(61)58-26-8-4-21-50(58)51-22-5-9-27-59(51)70/h1-41H. The van der Waals surface area contributed by atoms with Gasteiger partial charge in [0.1, 0.15) is 22.3 Å². The Morgan fingerprint density at radius 3 is 1.40 bits per heavy atom. The van der Waals surface area contributed by atoms with Crippen molar-refractivity contribution < 1.29 is 8.83 Å². The van der Waals surface area contributed by atoms with Gasteiger partial charge in [-0.1, -0.05) is 188 Å². The fraction of sp³-hybridized carbons (Fsp3) is 0.0143. The molecule has 75 heavy (non-hydrogen) atoms. The molecule has 348 valence electrons. The van der Waals surface area contributed by atoms with Gasteiger partial charge in [-0.25, -0.2) is 15.0 Å². The average molecular weight is 956 g/mol. The van der Waals surface area contributed by atoms with E-state index in [-0.39, 0.29) is 5.41 Å². The van der Waals surface area contributed by atoms with Crippen LogP contribution in [0.4, 0.5) is 0 Å². The number of rotatable bonds is 6. The topological polar surface area (TPSA) is 65.0 Å². The van der Waals surface area contributed by atoms with Gasteiger partial charge in [-0.05, 0) is 139 Å². The molecule has 16 rings (SSSR count). The Hall–Kier alpha value is -9.97. The lowest BCUT2D eigenvalue weighted by Gasteiger charge is -2.30. The molecule has 2 aliphatic rings. The number of hydrogen-bond acceptors (Lipinski definition) is 5. The number of nitrogens with zero attached hydrogens (tertiary/aromatic N) is 3. The van der Waals surface area contributed by atoms with Gasteiger partial charge in [0.2, 0.25) is 0 Å². The van der Waals surface area contributed by atoms with Gasteiger partial charge in [0, 0.05) is 38.2 Å². The van der Waals surface area contributed by atoms with E-state index in [1.807, 2.05) is 48.5 Å². The minimum absolute atomic E-state index is 0.372. The maximum Gasteiger partial charge on any atom is 0.164 e. The van der Waals surface area contributed by atoms with Crippen molar-refractivity contribution in [1.82, 2.24) is 15.0 Å². The highest BCUT2D eigenvalue weighted by atomic mass is 16.3. The first-order valence-electron chi connectivity index (χ1n) is 25.5. The monoisotopic (exact) mass is 955 g/mol. The summed E-state index contributed by atoms with van der Waals surface area (Å²) in [6.07, 6.45) is 0. The summed E-state index contributed by atoms with van der Waals surface area (Å²) >= 11 is 0. The Bertz CT molecular complexity index is 4630. The van der Waals surface area contributed by atoms with E-state index in [0.29, 0.717) is 17.5 Å². The van der Waals surface area contributed by atoms with E-state index < -0.39 is 0 Å². The van der Waals surface area contributed by atoms with Crippen LogP contribution in [0.3, 0.4) is 0 Å². The lowest BCUT2D eigenvalue weighted by molar-refractivity contribution is 0.668. The number of hydrogen-bond donors (Lipinski definition) is 0. The summed E-state index contributed by atoms with van der Waals surface area (Å²) in [7, 11) is 0. The van der Waals surface area contributed by atoms with Gasteiger partial charge >= 0.3 is 0 Å². The lowest BCUT2D eigenvalue weighted by atomic mass is 9.70. The molecular formula is C70H41N3O2. The molecule has 0 unspecified atom stereocenters. The second kappa shape index (κ2) is 16.0. The zero-order chi connectivity index (χ0) is 49.2. The second-order valence-corrected chi connectivity index (χ2v) is 19.8. The van der Waals surface area contributed by atoms with Crippen LogP contribution in [0, 0.1) is 0 Å². The molecule has 0 fully saturated rings. The van der Waals surface area contributed by atoms with E-state index in [4.69, 9.17) is 23.8 Å². The zero-order valence-corrected chi connectivity index (χ0v) is 40.3. The smallest absolute Gasteiger partial charge is 0.164 e. The molecule has 0 saturated carbocycles.